The average molecular weight is 481 g/mol. The molecule has 5 nitrogen and oxygen atoms in total. The zero-order valence-electron chi connectivity index (χ0n) is 16.4. The van der Waals surface area contributed by atoms with Gasteiger partial charge in [0.15, 0.2) is 5.96 Å². The molecule has 1 aromatic carbocycles. The number of hydrogen-bond donors (Lipinski definition) is 2. The molecule has 1 aliphatic rings. The van der Waals surface area contributed by atoms with Crippen molar-refractivity contribution in [3.63, 3.8) is 0 Å². The molecule has 1 aliphatic heterocycles. The summed E-state index contributed by atoms with van der Waals surface area (Å²) in [6.07, 6.45) is 5.31. The molecule has 0 saturated heterocycles. The molecule has 1 atom stereocenters. The van der Waals surface area contributed by atoms with E-state index in [1.165, 1.54) is 11.1 Å². The van der Waals surface area contributed by atoms with Crippen molar-refractivity contribution in [3.8, 4) is 0 Å². The first-order valence-corrected chi connectivity index (χ1v) is 9.70. The van der Waals surface area contributed by atoms with E-state index in [1.54, 1.807) is 0 Å². The molecular weight excluding hydrogens is 449 g/mol. The summed E-state index contributed by atoms with van der Waals surface area (Å²) in [5.74, 6) is 0.906. The Morgan fingerprint density at radius 1 is 1.11 bits per heavy atom. The summed E-state index contributed by atoms with van der Waals surface area (Å²) in [6.45, 7) is 10.0. The van der Waals surface area contributed by atoms with Crippen LogP contribution in [0.15, 0.2) is 53.8 Å². The lowest BCUT2D eigenvalue weighted by atomic mass is 9.99. The van der Waals surface area contributed by atoms with E-state index in [0.29, 0.717) is 6.04 Å². The molecule has 2 aromatic rings. The Bertz CT molecular complexity index is 698. The second-order valence-electron chi connectivity index (χ2n) is 6.91. The molecule has 0 radical (unpaired) electrons. The molecule has 2 N–H and O–H groups in total. The standard InChI is InChI=1S/C21H31N5.HI/c1-3-22-21(23-11-15-25-12-6-7-13-25)24-16-18(2)26-14-10-19-8-4-5-9-20(19)17-26;/h4-9,12-13,18H,3,10-11,14-17H2,1-2H3,(H2,22,23,24);1H. The van der Waals surface area contributed by atoms with E-state index in [2.05, 4.69) is 82.7 Å². The zero-order valence-corrected chi connectivity index (χ0v) is 18.7. The van der Waals surface area contributed by atoms with Gasteiger partial charge in [0, 0.05) is 51.2 Å². The summed E-state index contributed by atoms with van der Waals surface area (Å²) in [5.41, 5.74) is 2.96. The van der Waals surface area contributed by atoms with Crippen LogP contribution in [0, 0.1) is 0 Å². The van der Waals surface area contributed by atoms with Gasteiger partial charge in [0.1, 0.15) is 0 Å². The Kier molecular flexibility index (Phi) is 9.14. The van der Waals surface area contributed by atoms with Gasteiger partial charge in [-0.2, -0.15) is 0 Å². The minimum atomic E-state index is 0. The fraction of sp³-hybridized carbons (Fsp3) is 0.476. The van der Waals surface area contributed by atoms with Gasteiger partial charge >= 0.3 is 0 Å². The van der Waals surface area contributed by atoms with Crippen molar-refractivity contribution in [2.45, 2.75) is 39.4 Å². The van der Waals surface area contributed by atoms with Crippen molar-refractivity contribution in [1.82, 2.24) is 20.1 Å². The van der Waals surface area contributed by atoms with Crippen molar-refractivity contribution in [2.75, 3.05) is 26.2 Å². The molecule has 0 amide bonds. The molecule has 3 rings (SSSR count). The number of fused-ring (bicyclic) bond motifs is 1. The van der Waals surface area contributed by atoms with E-state index in [4.69, 9.17) is 4.99 Å². The SMILES string of the molecule is CCNC(=NCC(C)N1CCc2ccccc2C1)NCCn1cccc1.I. The number of aromatic nitrogens is 1. The Morgan fingerprint density at radius 3 is 2.59 bits per heavy atom. The predicted molar refractivity (Wildman–Crippen MR) is 124 cm³/mol. The van der Waals surface area contributed by atoms with Gasteiger partial charge in [-0.3, -0.25) is 9.89 Å². The van der Waals surface area contributed by atoms with Gasteiger partial charge in [0.05, 0.1) is 6.54 Å². The highest BCUT2D eigenvalue weighted by atomic mass is 127. The minimum absolute atomic E-state index is 0. The molecular formula is C21H32IN5. The highest BCUT2D eigenvalue weighted by Gasteiger charge is 2.20. The van der Waals surface area contributed by atoms with Crippen LogP contribution in [0.4, 0.5) is 0 Å². The molecule has 0 spiro atoms. The van der Waals surface area contributed by atoms with Gasteiger partial charge in [-0.05, 0) is 43.5 Å². The Balaban J connectivity index is 0.00000261. The van der Waals surface area contributed by atoms with Crippen LogP contribution < -0.4 is 10.6 Å². The van der Waals surface area contributed by atoms with Crippen molar-refractivity contribution in [1.29, 1.82) is 0 Å². The molecule has 148 valence electrons. The predicted octanol–water partition coefficient (Wildman–Crippen LogP) is 3.11. The molecule has 0 saturated carbocycles. The number of rotatable bonds is 7. The van der Waals surface area contributed by atoms with Gasteiger partial charge < -0.3 is 15.2 Å². The van der Waals surface area contributed by atoms with E-state index in [-0.39, 0.29) is 24.0 Å². The van der Waals surface area contributed by atoms with Crippen LogP contribution in [0.2, 0.25) is 0 Å². The molecule has 27 heavy (non-hydrogen) atoms. The maximum Gasteiger partial charge on any atom is 0.191 e. The Morgan fingerprint density at radius 2 is 1.85 bits per heavy atom. The maximum absolute atomic E-state index is 4.81. The van der Waals surface area contributed by atoms with Gasteiger partial charge in [0.25, 0.3) is 0 Å². The van der Waals surface area contributed by atoms with Crippen molar-refractivity contribution >= 4 is 29.9 Å². The summed E-state index contributed by atoms with van der Waals surface area (Å²) < 4.78 is 2.17. The van der Waals surface area contributed by atoms with Gasteiger partial charge in [-0.1, -0.05) is 24.3 Å². The van der Waals surface area contributed by atoms with Gasteiger partial charge in [-0.15, -0.1) is 24.0 Å². The zero-order chi connectivity index (χ0) is 18.2. The first-order valence-electron chi connectivity index (χ1n) is 9.70. The normalized spacial score (nSPS) is 15.6. The summed E-state index contributed by atoms with van der Waals surface area (Å²) in [6, 6.07) is 13.3. The molecule has 1 aromatic heterocycles. The first kappa shape index (κ1) is 21.8. The summed E-state index contributed by atoms with van der Waals surface area (Å²) in [7, 11) is 0. The molecule has 2 heterocycles. The van der Waals surface area contributed by atoms with Crippen molar-refractivity contribution in [2.24, 2.45) is 4.99 Å². The number of halogens is 1. The summed E-state index contributed by atoms with van der Waals surface area (Å²) in [5, 5.41) is 6.78. The number of guanidine groups is 1. The molecule has 6 heteroatoms. The van der Waals surface area contributed by atoms with Crippen LogP contribution in [0.1, 0.15) is 25.0 Å². The van der Waals surface area contributed by atoms with E-state index >= 15 is 0 Å². The van der Waals surface area contributed by atoms with E-state index < -0.39 is 0 Å². The van der Waals surface area contributed by atoms with E-state index in [9.17, 15) is 0 Å². The average Bonchev–Trinajstić information content (AvgIpc) is 3.19. The quantitative estimate of drug-likeness (QED) is 0.363. The fourth-order valence-corrected chi connectivity index (χ4v) is 3.40. The maximum atomic E-state index is 4.81. The van der Waals surface area contributed by atoms with Crippen LogP contribution in [-0.4, -0.2) is 47.6 Å². The highest BCUT2D eigenvalue weighted by molar-refractivity contribution is 14.0. The largest absolute Gasteiger partial charge is 0.357 e. The molecule has 0 bridgehead atoms. The van der Waals surface area contributed by atoms with Crippen LogP contribution in [0.5, 0.6) is 0 Å². The number of hydrogen-bond acceptors (Lipinski definition) is 2. The highest BCUT2D eigenvalue weighted by Crippen LogP contribution is 2.20. The molecule has 0 aliphatic carbocycles. The number of nitrogens with one attached hydrogen (secondary N) is 2. The third kappa shape index (κ3) is 6.53. The minimum Gasteiger partial charge on any atom is -0.357 e. The third-order valence-corrected chi connectivity index (χ3v) is 4.97. The lowest BCUT2D eigenvalue weighted by Crippen LogP contribution is -2.42. The topological polar surface area (TPSA) is 44.6 Å². The fourth-order valence-electron chi connectivity index (χ4n) is 3.40. The second-order valence-corrected chi connectivity index (χ2v) is 6.91. The van der Waals surface area contributed by atoms with Gasteiger partial charge in [-0.25, -0.2) is 0 Å². The second kappa shape index (κ2) is 11.3. The number of benzene rings is 1. The lowest BCUT2D eigenvalue weighted by molar-refractivity contribution is 0.195. The van der Waals surface area contributed by atoms with Crippen LogP contribution >= 0.6 is 24.0 Å². The van der Waals surface area contributed by atoms with Crippen LogP contribution in [0.25, 0.3) is 0 Å². The van der Waals surface area contributed by atoms with Crippen molar-refractivity contribution < 1.29 is 0 Å². The number of aliphatic imine (C=N–C) groups is 1. The van der Waals surface area contributed by atoms with E-state index in [1.807, 2.05) is 0 Å². The smallest absolute Gasteiger partial charge is 0.191 e. The van der Waals surface area contributed by atoms with Crippen LogP contribution in [-0.2, 0) is 19.5 Å². The van der Waals surface area contributed by atoms with E-state index in [0.717, 1.165) is 51.6 Å². The summed E-state index contributed by atoms with van der Waals surface area (Å²) >= 11 is 0. The molecule has 0 fully saturated rings. The summed E-state index contributed by atoms with van der Waals surface area (Å²) in [4.78, 5) is 7.34. The monoisotopic (exact) mass is 481 g/mol. The van der Waals surface area contributed by atoms with Crippen LogP contribution in [0.3, 0.4) is 0 Å². The van der Waals surface area contributed by atoms with Gasteiger partial charge in [0.2, 0.25) is 0 Å². The first-order chi connectivity index (χ1) is 12.8. The Labute approximate surface area is 180 Å². The number of nitrogens with zero attached hydrogens (tertiary/aromatic N) is 3. The third-order valence-electron chi connectivity index (χ3n) is 4.97. The Hall–Kier alpha value is -1.54. The van der Waals surface area contributed by atoms with Crippen molar-refractivity contribution in [3.05, 3.63) is 59.9 Å². The molecule has 1 unspecified atom stereocenters. The lowest BCUT2D eigenvalue weighted by Gasteiger charge is -2.33.